The molecular weight excluding hydrogens is 303 g/mol. The Kier molecular flexibility index (Phi) is 3.54. The van der Waals surface area contributed by atoms with Gasteiger partial charge in [-0.05, 0) is 46.6 Å². The summed E-state index contributed by atoms with van der Waals surface area (Å²) in [6.45, 7) is 7.94. The number of nitrogens with zero attached hydrogens (tertiary/aromatic N) is 1. The van der Waals surface area contributed by atoms with Gasteiger partial charge in [-0.2, -0.15) is 0 Å². The minimum atomic E-state index is -3.28. The van der Waals surface area contributed by atoms with Gasteiger partial charge >= 0.3 is 7.12 Å². The number of pyridine rings is 1. The van der Waals surface area contributed by atoms with Crippen molar-refractivity contribution in [3.05, 3.63) is 18.3 Å². The first-order valence-electron chi connectivity index (χ1n) is 7.44. The molecule has 2 aliphatic rings. The van der Waals surface area contributed by atoms with E-state index in [4.69, 9.17) is 9.31 Å². The molecular formula is C14H21BN2O4S. The first-order valence-corrected chi connectivity index (χ1v) is 8.99. The van der Waals surface area contributed by atoms with E-state index in [1.807, 2.05) is 27.7 Å². The molecule has 1 aromatic rings. The predicted molar refractivity (Wildman–Crippen MR) is 85.5 cm³/mol. The maximum atomic E-state index is 11.9. The molecule has 0 aromatic carbocycles. The molecule has 0 amide bonds. The standard InChI is InChI=1S/C14H21BN2O4S/c1-13(2)14(3,4)21-15(20-13)10-5-8-12(16-9-10)17-22(18,19)11-6-7-11/h5,8-9,11H,6-7H2,1-4H3,(H,16,17). The first-order chi connectivity index (χ1) is 10.1. The van der Waals surface area contributed by atoms with E-state index in [9.17, 15) is 8.42 Å². The highest BCUT2D eigenvalue weighted by molar-refractivity contribution is 7.93. The Labute approximate surface area is 131 Å². The second-order valence-electron chi connectivity index (χ2n) is 6.91. The molecule has 2 fully saturated rings. The number of aromatic nitrogens is 1. The van der Waals surface area contributed by atoms with Gasteiger partial charge in [0, 0.05) is 11.7 Å². The van der Waals surface area contributed by atoms with Crippen LogP contribution in [-0.4, -0.2) is 37.0 Å². The summed E-state index contributed by atoms with van der Waals surface area (Å²) in [7, 11) is -3.78. The molecule has 1 aliphatic carbocycles. The number of sulfonamides is 1. The average molecular weight is 324 g/mol. The molecule has 0 unspecified atom stereocenters. The van der Waals surface area contributed by atoms with Crippen molar-refractivity contribution in [3.8, 4) is 0 Å². The van der Waals surface area contributed by atoms with Gasteiger partial charge in [-0.3, -0.25) is 4.72 Å². The lowest BCUT2D eigenvalue weighted by Gasteiger charge is -2.32. The largest absolute Gasteiger partial charge is 0.496 e. The molecule has 1 saturated heterocycles. The molecule has 0 radical (unpaired) electrons. The Hall–Kier alpha value is -1.12. The lowest BCUT2D eigenvalue weighted by Crippen LogP contribution is -2.41. The summed E-state index contributed by atoms with van der Waals surface area (Å²) in [6.07, 6.45) is 3.04. The lowest BCUT2D eigenvalue weighted by atomic mass is 9.80. The second kappa shape index (κ2) is 4.94. The van der Waals surface area contributed by atoms with Gasteiger partial charge in [-0.1, -0.05) is 6.07 Å². The molecule has 120 valence electrons. The normalized spacial score (nSPS) is 23.5. The monoisotopic (exact) mass is 324 g/mol. The van der Waals surface area contributed by atoms with E-state index < -0.39 is 28.3 Å². The maximum Gasteiger partial charge on any atom is 0.496 e. The van der Waals surface area contributed by atoms with Crippen LogP contribution in [0.1, 0.15) is 40.5 Å². The van der Waals surface area contributed by atoms with Crippen molar-refractivity contribution in [2.45, 2.75) is 57.0 Å². The van der Waals surface area contributed by atoms with Gasteiger partial charge in [-0.25, -0.2) is 13.4 Å². The number of rotatable bonds is 4. The smallest absolute Gasteiger partial charge is 0.399 e. The minimum Gasteiger partial charge on any atom is -0.399 e. The van der Waals surface area contributed by atoms with Crippen molar-refractivity contribution in [2.24, 2.45) is 0 Å². The van der Waals surface area contributed by atoms with Crippen LogP contribution in [0.25, 0.3) is 0 Å². The third-order valence-corrected chi connectivity index (χ3v) is 6.36. The number of hydrogen-bond acceptors (Lipinski definition) is 5. The van der Waals surface area contributed by atoms with Gasteiger partial charge < -0.3 is 9.31 Å². The van der Waals surface area contributed by atoms with Crippen LogP contribution < -0.4 is 10.2 Å². The van der Waals surface area contributed by atoms with Crippen LogP contribution in [-0.2, 0) is 19.3 Å². The molecule has 3 rings (SSSR count). The number of hydrogen-bond donors (Lipinski definition) is 1. The zero-order chi connectivity index (χ0) is 16.2. The van der Waals surface area contributed by atoms with Crippen molar-refractivity contribution >= 4 is 28.4 Å². The van der Waals surface area contributed by atoms with E-state index in [0.717, 1.165) is 18.3 Å². The number of anilines is 1. The van der Waals surface area contributed by atoms with Crippen LogP contribution in [0.3, 0.4) is 0 Å². The van der Waals surface area contributed by atoms with Gasteiger partial charge in [0.25, 0.3) is 0 Å². The molecule has 0 bridgehead atoms. The van der Waals surface area contributed by atoms with Crippen LogP contribution >= 0.6 is 0 Å². The Morgan fingerprint density at radius 2 is 1.77 bits per heavy atom. The summed E-state index contributed by atoms with van der Waals surface area (Å²) in [5, 5.41) is -0.267. The zero-order valence-corrected chi connectivity index (χ0v) is 14.1. The minimum absolute atomic E-state index is 0.267. The van der Waals surface area contributed by atoms with Gasteiger partial charge in [0.2, 0.25) is 10.0 Å². The topological polar surface area (TPSA) is 77.5 Å². The van der Waals surface area contributed by atoms with Crippen LogP contribution in [0.5, 0.6) is 0 Å². The molecule has 0 spiro atoms. The average Bonchev–Trinajstić information content (AvgIpc) is 3.19. The molecule has 22 heavy (non-hydrogen) atoms. The third kappa shape index (κ3) is 2.87. The molecule has 2 heterocycles. The lowest BCUT2D eigenvalue weighted by molar-refractivity contribution is 0.00578. The van der Waals surface area contributed by atoms with E-state index in [2.05, 4.69) is 9.71 Å². The van der Waals surface area contributed by atoms with E-state index in [1.165, 1.54) is 0 Å². The Morgan fingerprint density at radius 1 is 1.18 bits per heavy atom. The van der Waals surface area contributed by atoms with Gasteiger partial charge in [0.1, 0.15) is 5.82 Å². The van der Waals surface area contributed by atoms with Crippen molar-refractivity contribution in [3.63, 3.8) is 0 Å². The molecule has 1 N–H and O–H groups in total. The Bertz CT molecular complexity index is 653. The summed E-state index contributed by atoms with van der Waals surface area (Å²) < 4.78 is 38.1. The highest BCUT2D eigenvalue weighted by Gasteiger charge is 2.51. The summed E-state index contributed by atoms with van der Waals surface area (Å²) in [4.78, 5) is 4.16. The highest BCUT2D eigenvalue weighted by atomic mass is 32.2. The summed E-state index contributed by atoms with van der Waals surface area (Å²) >= 11 is 0. The van der Waals surface area contributed by atoms with Crippen LogP contribution in [0.2, 0.25) is 0 Å². The molecule has 1 aliphatic heterocycles. The fourth-order valence-electron chi connectivity index (χ4n) is 2.19. The van der Waals surface area contributed by atoms with Crippen molar-refractivity contribution in [1.29, 1.82) is 0 Å². The zero-order valence-electron chi connectivity index (χ0n) is 13.3. The fraction of sp³-hybridized carbons (Fsp3) is 0.643. The molecule has 1 saturated carbocycles. The second-order valence-corrected chi connectivity index (χ2v) is 8.87. The SMILES string of the molecule is CC1(C)OB(c2ccc(NS(=O)(=O)C3CC3)nc2)OC1(C)C. The predicted octanol–water partition coefficient (Wildman–Crippen LogP) is 1.28. The van der Waals surface area contributed by atoms with E-state index in [0.29, 0.717) is 5.82 Å². The van der Waals surface area contributed by atoms with Gasteiger partial charge in [0.05, 0.1) is 16.5 Å². The third-order valence-electron chi connectivity index (χ3n) is 4.52. The molecule has 1 aromatic heterocycles. The maximum absolute atomic E-state index is 11.9. The molecule has 8 heteroatoms. The van der Waals surface area contributed by atoms with Crippen LogP contribution in [0, 0.1) is 0 Å². The van der Waals surface area contributed by atoms with Gasteiger partial charge in [-0.15, -0.1) is 0 Å². The van der Waals surface area contributed by atoms with Crippen LogP contribution in [0.15, 0.2) is 18.3 Å². The fourth-order valence-corrected chi connectivity index (χ4v) is 3.53. The summed E-state index contributed by atoms with van der Waals surface area (Å²) in [6, 6.07) is 3.42. The van der Waals surface area contributed by atoms with E-state index in [1.54, 1.807) is 18.3 Å². The molecule has 0 atom stereocenters. The van der Waals surface area contributed by atoms with E-state index >= 15 is 0 Å². The molecule has 6 nitrogen and oxygen atoms in total. The first kappa shape index (κ1) is 15.8. The number of nitrogens with one attached hydrogen (secondary N) is 1. The van der Waals surface area contributed by atoms with Crippen molar-refractivity contribution < 1.29 is 17.7 Å². The van der Waals surface area contributed by atoms with Gasteiger partial charge in [0.15, 0.2) is 0 Å². The summed E-state index contributed by atoms with van der Waals surface area (Å²) in [5.74, 6) is 0.326. The highest BCUT2D eigenvalue weighted by Crippen LogP contribution is 2.36. The Morgan fingerprint density at radius 3 is 2.23 bits per heavy atom. The van der Waals surface area contributed by atoms with E-state index in [-0.39, 0.29) is 5.25 Å². The van der Waals surface area contributed by atoms with Crippen molar-refractivity contribution in [1.82, 2.24) is 4.98 Å². The summed E-state index contributed by atoms with van der Waals surface area (Å²) in [5.41, 5.74) is -0.0543. The van der Waals surface area contributed by atoms with Crippen molar-refractivity contribution in [2.75, 3.05) is 4.72 Å². The Balaban J connectivity index is 1.73. The van der Waals surface area contributed by atoms with Crippen LogP contribution in [0.4, 0.5) is 5.82 Å². The quantitative estimate of drug-likeness (QED) is 0.845.